The monoisotopic (exact) mass is 224 g/mol. The van der Waals surface area contributed by atoms with Crippen molar-refractivity contribution in [3.05, 3.63) is 53.6 Å². The number of esters is 1. The molecule has 0 unspecified atom stereocenters. The smallest absolute Gasteiger partial charge is 0.338 e. The van der Waals surface area contributed by atoms with Crippen LogP contribution in [0.25, 0.3) is 16.3 Å². The van der Waals surface area contributed by atoms with E-state index in [2.05, 4.69) is 18.2 Å². The lowest BCUT2D eigenvalue weighted by atomic mass is 9.98. The van der Waals surface area contributed by atoms with Gasteiger partial charge in [0.05, 0.1) is 12.7 Å². The van der Waals surface area contributed by atoms with Crippen LogP contribution in [0.15, 0.2) is 42.5 Å². The first kappa shape index (κ1) is 10.1. The summed E-state index contributed by atoms with van der Waals surface area (Å²) < 4.78 is 4.80. The standard InChI is InChI=1S/C15H12O2/c1-17-15(16)14-9-8-12-11-5-3-2-4-10(11)6-7-13(12)14/h2-7,9H,8H2,1H3. The molecule has 2 aromatic rings. The Balaban J connectivity index is 2.21. The second-order valence-corrected chi connectivity index (χ2v) is 4.13. The van der Waals surface area contributed by atoms with Crippen molar-refractivity contribution in [2.24, 2.45) is 0 Å². The van der Waals surface area contributed by atoms with Gasteiger partial charge in [0.2, 0.25) is 0 Å². The second-order valence-electron chi connectivity index (χ2n) is 4.13. The lowest BCUT2D eigenvalue weighted by Gasteiger charge is -2.07. The predicted octanol–water partition coefficient (Wildman–Crippen LogP) is 2.95. The van der Waals surface area contributed by atoms with Crippen LogP contribution in [0, 0.1) is 0 Å². The van der Waals surface area contributed by atoms with Crippen LogP contribution in [-0.2, 0) is 16.0 Å². The molecule has 0 aliphatic heterocycles. The van der Waals surface area contributed by atoms with Gasteiger partial charge in [-0.1, -0.05) is 42.5 Å². The molecule has 0 radical (unpaired) electrons. The van der Waals surface area contributed by atoms with Gasteiger partial charge in [0.1, 0.15) is 0 Å². The number of ether oxygens (including phenoxy) is 1. The van der Waals surface area contributed by atoms with E-state index in [0.717, 1.165) is 12.0 Å². The zero-order valence-electron chi connectivity index (χ0n) is 9.57. The lowest BCUT2D eigenvalue weighted by Crippen LogP contribution is -2.02. The molecule has 17 heavy (non-hydrogen) atoms. The van der Waals surface area contributed by atoms with E-state index in [1.54, 1.807) is 0 Å². The summed E-state index contributed by atoms with van der Waals surface area (Å²) >= 11 is 0. The van der Waals surface area contributed by atoms with Gasteiger partial charge < -0.3 is 4.74 Å². The highest BCUT2D eigenvalue weighted by atomic mass is 16.5. The van der Waals surface area contributed by atoms with Crippen LogP contribution in [0.4, 0.5) is 0 Å². The lowest BCUT2D eigenvalue weighted by molar-refractivity contribution is -0.133. The van der Waals surface area contributed by atoms with E-state index in [4.69, 9.17) is 4.74 Å². The Kier molecular flexibility index (Phi) is 2.22. The topological polar surface area (TPSA) is 26.3 Å². The molecule has 0 N–H and O–H groups in total. The summed E-state index contributed by atoms with van der Waals surface area (Å²) in [6.45, 7) is 0. The van der Waals surface area contributed by atoms with Crippen LogP contribution in [0.1, 0.15) is 11.1 Å². The van der Waals surface area contributed by atoms with Crippen LogP contribution < -0.4 is 0 Å². The number of rotatable bonds is 1. The van der Waals surface area contributed by atoms with Crippen molar-refractivity contribution in [2.45, 2.75) is 6.42 Å². The maximum atomic E-state index is 11.6. The third-order valence-corrected chi connectivity index (χ3v) is 3.25. The van der Waals surface area contributed by atoms with Crippen molar-refractivity contribution in [2.75, 3.05) is 7.11 Å². The van der Waals surface area contributed by atoms with E-state index in [1.807, 2.05) is 24.3 Å². The van der Waals surface area contributed by atoms with Crippen molar-refractivity contribution in [1.82, 2.24) is 0 Å². The van der Waals surface area contributed by atoms with Gasteiger partial charge in [0.25, 0.3) is 0 Å². The molecule has 0 fully saturated rings. The molecular weight excluding hydrogens is 212 g/mol. The number of carbonyl (C=O) groups excluding carboxylic acids is 1. The fourth-order valence-corrected chi connectivity index (χ4v) is 2.43. The van der Waals surface area contributed by atoms with Crippen molar-refractivity contribution in [1.29, 1.82) is 0 Å². The molecule has 0 heterocycles. The summed E-state index contributed by atoms with van der Waals surface area (Å²) in [5, 5.41) is 2.44. The third kappa shape index (κ3) is 1.45. The first-order valence-corrected chi connectivity index (χ1v) is 5.61. The van der Waals surface area contributed by atoms with Gasteiger partial charge in [-0.2, -0.15) is 0 Å². The number of hydrogen-bond acceptors (Lipinski definition) is 2. The van der Waals surface area contributed by atoms with Crippen molar-refractivity contribution >= 4 is 22.3 Å². The van der Waals surface area contributed by atoms with E-state index in [0.29, 0.717) is 5.57 Å². The van der Waals surface area contributed by atoms with Gasteiger partial charge >= 0.3 is 5.97 Å². The molecule has 0 spiro atoms. The highest BCUT2D eigenvalue weighted by Gasteiger charge is 2.21. The summed E-state index contributed by atoms with van der Waals surface area (Å²) in [6.07, 6.45) is 2.75. The van der Waals surface area contributed by atoms with Gasteiger partial charge in [-0.05, 0) is 28.3 Å². The number of hydrogen-bond donors (Lipinski definition) is 0. The summed E-state index contributed by atoms with van der Waals surface area (Å²) in [6, 6.07) is 12.3. The largest absolute Gasteiger partial charge is 0.465 e. The third-order valence-electron chi connectivity index (χ3n) is 3.25. The van der Waals surface area contributed by atoms with Crippen LogP contribution in [0.5, 0.6) is 0 Å². The first-order valence-electron chi connectivity index (χ1n) is 5.61. The SMILES string of the molecule is COC(=O)C1=CCc2c1ccc1ccccc21. The molecule has 0 saturated heterocycles. The minimum Gasteiger partial charge on any atom is -0.465 e. The highest BCUT2D eigenvalue weighted by molar-refractivity contribution is 6.19. The van der Waals surface area contributed by atoms with Crippen LogP contribution >= 0.6 is 0 Å². The maximum Gasteiger partial charge on any atom is 0.338 e. The number of carbonyl (C=O) groups is 1. The molecule has 1 aliphatic carbocycles. The maximum absolute atomic E-state index is 11.6. The molecule has 0 aromatic heterocycles. The number of benzene rings is 2. The Labute approximate surface area is 99.5 Å². The van der Waals surface area contributed by atoms with Crippen LogP contribution in [-0.4, -0.2) is 13.1 Å². The molecule has 0 saturated carbocycles. The number of fused-ring (bicyclic) bond motifs is 3. The molecule has 0 bridgehead atoms. The van der Waals surface area contributed by atoms with Crippen LogP contribution in [0.3, 0.4) is 0 Å². The normalized spacial score (nSPS) is 13.4. The average molecular weight is 224 g/mol. The van der Waals surface area contributed by atoms with E-state index in [1.165, 1.54) is 23.4 Å². The van der Waals surface area contributed by atoms with Gasteiger partial charge in [0.15, 0.2) is 0 Å². The van der Waals surface area contributed by atoms with Crippen molar-refractivity contribution < 1.29 is 9.53 Å². The van der Waals surface area contributed by atoms with E-state index < -0.39 is 0 Å². The zero-order valence-corrected chi connectivity index (χ0v) is 9.57. The van der Waals surface area contributed by atoms with Gasteiger partial charge in [0, 0.05) is 0 Å². The fourth-order valence-electron chi connectivity index (χ4n) is 2.43. The van der Waals surface area contributed by atoms with Gasteiger partial charge in [-0.25, -0.2) is 4.79 Å². The molecular formula is C15H12O2. The summed E-state index contributed by atoms with van der Waals surface area (Å²) in [5.74, 6) is -0.251. The average Bonchev–Trinajstić information content (AvgIpc) is 2.82. The minimum absolute atomic E-state index is 0.251. The molecule has 84 valence electrons. The number of methoxy groups -OCH3 is 1. The van der Waals surface area contributed by atoms with Gasteiger partial charge in [-0.3, -0.25) is 0 Å². The Hall–Kier alpha value is -2.09. The highest BCUT2D eigenvalue weighted by Crippen LogP contribution is 2.33. The predicted molar refractivity (Wildman–Crippen MR) is 67.6 cm³/mol. The van der Waals surface area contributed by atoms with E-state index in [9.17, 15) is 4.79 Å². The summed E-state index contributed by atoms with van der Waals surface area (Å²) in [4.78, 5) is 11.6. The second kappa shape index (κ2) is 3.74. The molecule has 2 aromatic carbocycles. The minimum atomic E-state index is -0.251. The first-order chi connectivity index (χ1) is 8.31. The van der Waals surface area contributed by atoms with E-state index >= 15 is 0 Å². The molecule has 3 rings (SSSR count). The van der Waals surface area contributed by atoms with Crippen LogP contribution in [0.2, 0.25) is 0 Å². The Morgan fingerprint density at radius 2 is 2.00 bits per heavy atom. The fraction of sp³-hybridized carbons (Fsp3) is 0.133. The van der Waals surface area contributed by atoms with E-state index in [-0.39, 0.29) is 5.97 Å². The van der Waals surface area contributed by atoms with Gasteiger partial charge in [-0.15, -0.1) is 0 Å². The molecule has 0 amide bonds. The molecule has 1 aliphatic rings. The van der Waals surface area contributed by atoms with Crippen molar-refractivity contribution in [3.8, 4) is 0 Å². The Morgan fingerprint density at radius 1 is 1.18 bits per heavy atom. The Bertz CT molecular complexity index is 638. The molecule has 2 heteroatoms. The summed E-state index contributed by atoms with van der Waals surface area (Å²) in [7, 11) is 1.42. The zero-order chi connectivity index (χ0) is 11.8. The Morgan fingerprint density at radius 3 is 2.82 bits per heavy atom. The quantitative estimate of drug-likeness (QED) is 0.696. The number of allylic oxidation sites excluding steroid dienone is 1. The molecule has 2 nitrogen and oxygen atoms in total. The molecule has 0 atom stereocenters. The summed E-state index contributed by atoms with van der Waals surface area (Å²) in [5.41, 5.74) is 2.92. The van der Waals surface area contributed by atoms with Crippen molar-refractivity contribution in [3.63, 3.8) is 0 Å².